The largest absolute Gasteiger partial charge is 0.481 e. The van der Waals surface area contributed by atoms with Gasteiger partial charge in [0.2, 0.25) is 0 Å². The first-order valence-electron chi connectivity index (χ1n) is 9.00. The van der Waals surface area contributed by atoms with Crippen LogP contribution >= 0.6 is 34.8 Å². The fourth-order valence-corrected chi connectivity index (χ4v) is 3.23. The summed E-state index contributed by atoms with van der Waals surface area (Å²) < 4.78 is 1.39. The van der Waals surface area contributed by atoms with Crippen LogP contribution in [0.15, 0.2) is 54.6 Å². The Labute approximate surface area is 192 Å². The second kappa shape index (κ2) is 9.87. The Kier molecular flexibility index (Phi) is 7.22. The number of nitrogens with zero attached hydrogens (tertiary/aromatic N) is 1. The maximum atomic E-state index is 12.6. The van der Waals surface area contributed by atoms with E-state index in [1.54, 1.807) is 36.4 Å². The highest BCUT2D eigenvalue weighted by Gasteiger charge is 2.19. The van der Waals surface area contributed by atoms with E-state index in [9.17, 15) is 14.4 Å². The number of carbonyl (C=O) groups excluding carboxylic acids is 2. The predicted octanol–water partition coefficient (Wildman–Crippen LogP) is 4.84. The van der Waals surface area contributed by atoms with Crippen LogP contribution in [-0.2, 0) is 20.8 Å². The summed E-state index contributed by atoms with van der Waals surface area (Å²) in [6.45, 7) is 0. The van der Waals surface area contributed by atoms with Gasteiger partial charge in [-0.15, -0.1) is 0 Å². The Morgan fingerprint density at radius 2 is 1.58 bits per heavy atom. The number of hydrogen-bond donors (Lipinski definition) is 3. The van der Waals surface area contributed by atoms with E-state index >= 15 is 0 Å². The van der Waals surface area contributed by atoms with Crippen LogP contribution in [0.5, 0.6) is 0 Å². The number of carboxylic acids is 1. The summed E-state index contributed by atoms with van der Waals surface area (Å²) in [5, 5.41) is 12.5. The average Bonchev–Trinajstić information content (AvgIpc) is 3.12. The van der Waals surface area contributed by atoms with E-state index < -0.39 is 17.8 Å². The minimum absolute atomic E-state index is 0.143. The molecule has 160 valence electrons. The molecule has 0 aliphatic rings. The van der Waals surface area contributed by atoms with Crippen molar-refractivity contribution in [1.82, 2.24) is 4.68 Å². The van der Waals surface area contributed by atoms with Crippen molar-refractivity contribution in [1.29, 1.82) is 0 Å². The molecule has 0 atom stereocenters. The van der Waals surface area contributed by atoms with Gasteiger partial charge in [-0.2, -0.15) is 0 Å². The van der Waals surface area contributed by atoms with Crippen molar-refractivity contribution in [3.05, 3.63) is 75.4 Å². The molecule has 0 unspecified atom stereocenters. The van der Waals surface area contributed by atoms with Gasteiger partial charge in [-0.3, -0.25) is 24.5 Å². The number of anilines is 1. The minimum Gasteiger partial charge on any atom is -0.481 e. The summed E-state index contributed by atoms with van der Waals surface area (Å²) in [6, 6.07) is 14.7. The first-order valence-corrected chi connectivity index (χ1v) is 10.1. The van der Waals surface area contributed by atoms with E-state index in [2.05, 4.69) is 10.7 Å². The van der Waals surface area contributed by atoms with Crippen molar-refractivity contribution in [2.45, 2.75) is 12.8 Å². The van der Waals surface area contributed by atoms with Gasteiger partial charge in [0.05, 0.1) is 22.2 Å². The van der Waals surface area contributed by atoms with Crippen LogP contribution in [0.2, 0.25) is 15.1 Å². The van der Waals surface area contributed by atoms with E-state index in [0.717, 1.165) is 5.56 Å². The van der Waals surface area contributed by atoms with Gasteiger partial charge in [0, 0.05) is 28.4 Å². The van der Waals surface area contributed by atoms with E-state index in [4.69, 9.17) is 39.9 Å². The number of amides is 2. The van der Waals surface area contributed by atoms with Crippen molar-refractivity contribution in [3.63, 3.8) is 0 Å². The topological polar surface area (TPSA) is 100 Å². The molecule has 0 aliphatic heterocycles. The summed E-state index contributed by atoms with van der Waals surface area (Å²) in [7, 11) is 0. The molecule has 3 rings (SSSR count). The molecular weight excluding hydrogens is 465 g/mol. The number of nitrogens with one attached hydrogen (secondary N) is 2. The predicted molar refractivity (Wildman–Crippen MR) is 120 cm³/mol. The van der Waals surface area contributed by atoms with Gasteiger partial charge in [0.15, 0.2) is 0 Å². The third kappa shape index (κ3) is 5.79. The highest BCUT2D eigenvalue weighted by molar-refractivity contribution is 6.44. The molecule has 10 heteroatoms. The lowest BCUT2D eigenvalue weighted by atomic mass is 10.2. The molecule has 0 radical (unpaired) electrons. The minimum atomic E-state index is -0.982. The van der Waals surface area contributed by atoms with Gasteiger partial charge in [0.25, 0.3) is 0 Å². The van der Waals surface area contributed by atoms with Crippen molar-refractivity contribution in [2.24, 2.45) is 0 Å². The number of aryl methyl sites for hydroxylation is 1. The molecule has 0 aliphatic carbocycles. The molecule has 1 heterocycles. The van der Waals surface area contributed by atoms with Crippen LogP contribution in [-0.4, -0.2) is 27.6 Å². The van der Waals surface area contributed by atoms with Gasteiger partial charge in [-0.05, 0) is 42.5 Å². The second-order valence-corrected chi connectivity index (χ2v) is 7.72. The molecular formula is C21H16Cl3N3O4. The zero-order valence-electron chi connectivity index (χ0n) is 15.9. The average molecular weight is 481 g/mol. The number of rotatable bonds is 6. The molecule has 31 heavy (non-hydrogen) atoms. The summed E-state index contributed by atoms with van der Waals surface area (Å²) in [5.74, 6) is -2.86. The van der Waals surface area contributed by atoms with Crippen molar-refractivity contribution in [2.75, 3.05) is 10.7 Å². The summed E-state index contributed by atoms with van der Waals surface area (Å²) in [6.07, 6.45) is 0.00697. The van der Waals surface area contributed by atoms with Gasteiger partial charge in [0.1, 0.15) is 0 Å². The Morgan fingerprint density at radius 3 is 2.23 bits per heavy atom. The second-order valence-electron chi connectivity index (χ2n) is 6.47. The molecule has 2 amide bonds. The summed E-state index contributed by atoms with van der Waals surface area (Å²) in [5.41, 5.74) is 4.62. The lowest BCUT2D eigenvalue weighted by molar-refractivity contribution is -0.137. The maximum Gasteiger partial charge on any atom is 0.328 e. The number of carboxylic acid groups (broad SMARTS) is 1. The molecule has 2 aromatic carbocycles. The molecule has 3 N–H and O–H groups in total. The van der Waals surface area contributed by atoms with Gasteiger partial charge >= 0.3 is 17.8 Å². The van der Waals surface area contributed by atoms with Crippen molar-refractivity contribution < 1.29 is 19.5 Å². The van der Waals surface area contributed by atoms with E-state index in [1.807, 2.05) is 0 Å². The number of halogens is 3. The highest BCUT2D eigenvalue weighted by atomic mass is 35.5. The first kappa shape index (κ1) is 22.7. The van der Waals surface area contributed by atoms with Crippen molar-refractivity contribution in [3.8, 4) is 11.3 Å². The Bertz CT molecular complexity index is 1140. The number of aromatic nitrogens is 1. The number of carbonyl (C=O) groups is 3. The lowest BCUT2D eigenvalue weighted by Gasteiger charge is -2.15. The first-order chi connectivity index (χ1) is 14.7. The van der Waals surface area contributed by atoms with Gasteiger partial charge in [-0.1, -0.05) is 46.9 Å². The van der Waals surface area contributed by atoms with Crippen molar-refractivity contribution >= 4 is 58.3 Å². The fraction of sp³-hybridized carbons (Fsp3) is 0.0952. The Balaban J connectivity index is 1.84. The van der Waals surface area contributed by atoms with Crippen LogP contribution in [0.25, 0.3) is 11.3 Å². The normalized spacial score (nSPS) is 10.5. The smallest absolute Gasteiger partial charge is 0.328 e. The molecule has 0 saturated carbocycles. The van der Waals surface area contributed by atoms with Crippen LogP contribution in [0.4, 0.5) is 5.69 Å². The monoisotopic (exact) mass is 479 g/mol. The third-order valence-corrected chi connectivity index (χ3v) is 5.28. The van der Waals surface area contributed by atoms with Gasteiger partial charge < -0.3 is 10.4 Å². The Hall–Kier alpha value is -3.00. The third-order valence-electron chi connectivity index (χ3n) is 4.29. The zero-order chi connectivity index (χ0) is 22.5. The molecule has 1 aromatic heterocycles. The number of aliphatic carboxylic acids is 1. The zero-order valence-corrected chi connectivity index (χ0v) is 18.1. The summed E-state index contributed by atoms with van der Waals surface area (Å²) in [4.78, 5) is 35.9. The molecule has 7 nitrogen and oxygen atoms in total. The molecule has 0 saturated heterocycles. The molecule has 3 aromatic rings. The van der Waals surface area contributed by atoms with Crippen LogP contribution in [0.1, 0.15) is 12.1 Å². The maximum absolute atomic E-state index is 12.6. The number of hydrogen-bond acceptors (Lipinski definition) is 3. The van der Waals surface area contributed by atoms with Crippen LogP contribution < -0.4 is 10.7 Å². The van der Waals surface area contributed by atoms with Crippen LogP contribution in [0.3, 0.4) is 0 Å². The highest BCUT2D eigenvalue weighted by Crippen LogP contribution is 2.26. The van der Waals surface area contributed by atoms with E-state index in [-0.39, 0.29) is 17.9 Å². The lowest BCUT2D eigenvalue weighted by Crippen LogP contribution is -2.35. The van der Waals surface area contributed by atoms with Gasteiger partial charge in [-0.25, -0.2) is 0 Å². The van der Waals surface area contributed by atoms with Crippen LogP contribution in [0, 0.1) is 0 Å². The SMILES string of the molecule is O=C(O)CCc1ccc(-c2ccc(Cl)cc2)n1NC(=O)C(=O)Nc1ccc(Cl)c(Cl)c1. The molecule has 0 bridgehead atoms. The standard InChI is InChI=1S/C21H16Cl3N3O4/c22-13-3-1-12(2-4-13)18-9-6-15(7-10-19(28)29)27(18)26-21(31)20(30)25-14-5-8-16(23)17(24)11-14/h1-6,8-9,11H,7,10H2,(H,25,30)(H,26,31)(H,28,29). The Morgan fingerprint density at radius 1 is 0.871 bits per heavy atom. The number of benzene rings is 2. The quantitative estimate of drug-likeness (QED) is 0.439. The van der Waals surface area contributed by atoms with E-state index in [1.165, 1.54) is 22.9 Å². The molecule has 0 spiro atoms. The van der Waals surface area contributed by atoms with E-state index in [0.29, 0.717) is 27.1 Å². The summed E-state index contributed by atoms with van der Waals surface area (Å²) >= 11 is 17.7. The molecule has 0 fully saturated rings. The fourth-order valence-electron chi connectivity index (χ4n) is 2.80.